The van der Waals surface area contributed by atoms with Crippen molar-refractivity contribution in [3.63, 3.8) is 0 Å². The summed E-state index contributed by atoms with van der Waals surface area (Å²) in [6.07, 6.45) is 0.999. The van der Waals surface area contributed by atoms with Crippen LogP contribution >= 0.6 is 0 Å². The number of cyclic esters (lactones) is 1. The van der Waals surface area contributed by atoms with Crippen LogP contribution in [0.4, 0.5) is 0 Å². The lowest BCUT2D eigenvalue weighted by atomic mass is 9.74. The van der Waals surface area contributed by atoms with Gasteiger partial charge in [0.2, 0.25) is 10.0 Å². The standard InChI is InChI=1S/C34H58N4O9S/c1-23-20-34(6,44-10)30(47-31-28(39)27(36(7)8)19-24(2)46-31)25(3)29(40)33(4,5)32(41)45-18-12-15-38(17-16-37(9)22-23)48(42,43)26-13-11-14-35-21-26/h11,13-14,21,23-25,27-28,30-31,39H,12,15-20,22H2,1-10H3/t23-,24-,25+,27+,28-,30-,31+,34-/m1/s1. The monoisotopic (exact) mass is 698 g/mol. The number of hydrogen-bond acceptors (Lipinski definition) is 12. The molecule has 2 fully saturated rings. The van der Waals surface area contributed by atoms with Crippen molar-refractivity contribution in [2.45, 2.75) is 102 Å². The number of nitrogens with zero attached hydrogens (tertiary/aromatic N) is 4. The normalized spacial score (nSPS) is 34.5. The molecule has 0 spiro atoms. The highest BCUT2D eigenvalue weighted by Gasteiger charge is 2.51. The first-order valence-electron chi connectivity index (χ1n) is 16.9. The molecule has 1 aromatic heterocycles. The predicted octanol–water partition coefficient (Wildman–Crippen LogP) is 2.42. The molecule has 0 aromatic carbocycles. The Balaban J connectivity index is 1.98. The third kappa shape index (κ3) is 9.59. The van der Waals surface area contributed by atoms with Gasteiger partial charge in [0, 0.05) is 57.6 Å². The van der Waals surface area contributed by atoms with Gasteiger partial charge in [0.05, 0.1) is 24.4 Å². The summed E-state index contributed by atoms with van der Waals surface area (Å²) < 4.78 is 53.0. The zero-order valence-electron chi connectivity index (χ0n) is 30.4. The van der Waals surface area contributed by atoms with Crippen LogP contribution in [0.15, 0.2) is 29.4 Å². The van der Waals surface area contributed by atoms with E-state index in [9.17, 15) is 23.1 Å². The first-order chi connectivity index (χ1) is 22.3. The van der Waals surface area contributed by atoms with E-state index in [0.29, 0.717) is 25.9 Å². The molecule has 14 heteroatoms. The second-order valence-corrected chi connectivity index (χ2v) is 16.5. The average molecular weight is 699 g/mol. The van der Waals surface area contributed by atoms with Crippen LogP contribution in [0.2, 0.25) is 0 Å². The Kier molecular flexibility index (Phi) is 14.1. The molecule has 0 unspecified atom stereocenters. The highest BCUT2D eigenvalue weighted by atomic mass is 32.2. The molecule has 0 bridgehead atoms. The predicted molar refractivity (Wildman–Crippen MR) is 181 cm³/mol. The van der Waals surface area contributed by atoms with E-state index in [1.807, 2.05) is 39.9 Å². The third-order valence-electron chi connectivity index (χ3n) is 9.78. The minimum absolute atomic E-state index is 0.0102. The number of carbonyl (C=O) groups excluding carboxylic acids is 2. The maximum Gasteiger partial charge on any atom is 0.319 e. The Labute approximate surface area is 287 Å². The summed E-state index contributed by atoms with van der Waals surface area (Å²) in [5.41, 5.74) is -2.60. The van der Waals surface area contributed by atoms with Gasteiger partial charge in [-0.15, -0.1) is 0 Å². The van der Waals surface area contributed by atoms with Crippen molar-refractivity contribution in [2.24, 2.45) is 17.3 Å². The number of ketones is 1. The second kappa shape index (κ2) is 16.8. The van der Waals surface area contributed by atoms with E-state index in [1.54, 1.807) is 20.1 Å². The fourth-order valence-corrected chi connectivity index (χ4v) is 8.40. The number of aromatic nitrogens is 1. The SMILES string of the molecule is CO[C@]1(C)C[C@@H](C)CN(C)CCN(S(=O)(=O)c2cccnc2)CCCOC(=O)C(C)(C)C(=O)[C@H](C)[C@H]1O[C@@H]1O[C@H](C)C[C@H](N(C)C)[C@H]1O. The largest absolute Gasteiger partial charge is 0.465 e. The van der Waals surface area contributed by atoms with Crippen LogP contribution in [0.5, 0.6) is 0 Å². The summed E-state index contributed by atoms with van der Waals surface area (Å²) >= 11 is 0. The smallest absolute Gasteiger partial charge is 0.319 e. The average Bonchev–Trinajstić information content (AvgIpc) is 3.03. The number of hydrogen-bond donors (Lipinski definition) is 1. The third-order valence-corrected chi connectivity index (χ3v) is 11.7. The van der Waals surface area contributed by atoms with Gasteiger partial charge in [0.1, 0.15) is 16.4 Å². The molecule has 3 heterocycles. The molecule has 2 aliphatic heterocycles. The molecule has 1 N–H and O–H groups in total. The number of ether oxygens (including phenoxy) is 4. The molecule has 8 atom stereocenters. The van der Waals surface area contributed by atoms with E-state index in [4.69, 9.17) is 18.9 Å². The van der Waals surface area contributed by atoms with Crippen LogP contribution in [0.25, 0.3) is 0 Å². The maximum absolute atomic E-state index is 14.2. The van der Waals surface area contributed by atoms with Crippen LogP contribution in [0.3, 0.4) is 0 Å². The van der Waals surface area contributed by atoms with Gasteiger partial charge in [-0.1, -0.05) is 13.8 Å². The number of aliphatic hydroxyl groups is 1. The molecule has 1 aromatic rings. The molecular weight excluding hydrogens is 640 g/mol. The lowest BCUT2D eigenvalue weighted by Gasteiger charge is -2.47. The van der Waals surface area contributed by atoms with Gasteiger partial charge in [-0.25, -0.2) is 8.42 Å². The summed E-state index contributed by atoms with van der Waals surface area (Å²) in [7, 11) is 3.42. The van der Waals surface area contributed by atoms with E-state index in [-0.39, 0.29) is 49.1 Å². The fourth-order valence-electron chi connectivity index (χ4n) is 6.96. The van der Waals surface area contributed by atoms with Gasteiger partial charge in [-0.05, 0) is 86.2 Å². The number of esters is 1. The minimum atomic E-state index is -3.86. The highest BCUT2D eigenvalue weighted by Crippen LogP contribution is 2.38. The molecule has 0 radical (unpaired) electrons. The molecule has 2 saturated heterocycles. The van der Waals surface area contributed by atoms with E-state index in [1.165, 1.54) is 36.6 Å². The van der Waals surface area contributed by atoms with E-state index in [0.717, 1.165) is 0 Å². The minimum Gasteiger partial charge on any atom is -0.465 e. The molecule has 0 amide bonds. The van der Waals surface area contributed by atoms with Gasteiger partial charge >= 0.3 is 5.97 Å². The first-order valence-corrected chi connectivity index (χ1v) is 18.3. The fraction of sp³-hybridized carbons (Fsp3) is 0.794. The van der Waals surface area contributed by atoms with Crippen molar-refractivity contribution in [3.05, 3.63) is 24.5 Å². The van der Waals surface area contributed by atoms with E-state index in [2.05, 4.69) is 16.8 Å². The van der Waals surface area contributed by atoms with Crippen LogP contribution in [0, 0.1) is 17.3 Å². The Morgan fingerprint density at radius 2 is 1.79 bits per heavy atom. The van der Waals surface area contributed by atoms with Crippen LogP contribution < -0.4 is 0 Å². The van der Waals surface area contributed by atoms with E-state index < -0.39 is 57.2 Å². The molecule has 3 rings (SSSR count). The van der Waals surface area contributed by atoms with Crippen molar-refractivity contribution < 1.29 is 42.1 Å². The number of carbonyl (C=O) groups is 2. The molecule has 0 saturated carbocycles. The summed E-state index contributed by atoms with van der Waals surface area (Å²) in [4.78, 5) is 35.7. The summed E-state index contributed by atoms with van der Waals surface area (Å²) in [5, 5.41) is 11.3. The number of likely N-dealkylation sites (N-methyl/N-ethyl adjacent to an activating group) is 2. The molecule has 0 aliphatic carbocycles. The topological polar surface area (TPSA) is 148 Å². The Bertz CT molecular complexity index is 1310. The Morgan fingerprint density at radius 1 is 1.10 bits per heavy atom. The van der Waals surface area contributed by atoms with Crippen molar-refractivity contribution in [2.75, 3.05) is 61.0 Å². The van der Waals surface area contributed by atoms with Crippen molar-refractivity contribution in [1.82, 2.24) is 19.1 Å². The molecule has 2 aliphatic rings. The van der Waals surface area contributed by atoms with Gasteiger partial charge in [-0.3, -0.25) is 14.6 Å². The van der Waals surface area contributed by atoms with Gasteiger partial charge < -0.3 is 33.9 Å². The summed E-state index contributed by atoms with van der Waals surface area (Å²) in [5.74, 6) is -1.97. The van der Waals surface area contributed by atoms with Crippen LogP contribution in [-0.2, 0) is 38.6 Å². The second-order valence-electron chi connectivity index (χ2n) is 14.6. The van der Waals surface area contributed by atoms with Crippen molar-refractivity contribution in [1.29, 1.82) is 0 Å². The van der Waals surface area contributed by atoms with Gasteiger partial charge in [-0.2, -0.15) is 4.31 Å². The van der Waals surface area contributed by atoms with E-state index >= 15 is 0 Å². The molecule has 48 heavy (non-hydrogen) atoms. The maximum atomic E-state index is 14.2. The summed E-state index contributed by atoms with van der Waals surface area (Å²) in [6.45, 7) is 11.9. The van der Waals surface area contributed by atoms with Crippen molar-refractivity contribution in [3.8, 4) is 0 Å². The highest BCUT2D eigenvalue weighted by molar-refractivity contribution is 7.89. The number of pyridine rings is 1. The van der Waals surface area contributed by atoms with Crippen LogP contribution in [0.1, 0.15) is 60.8 Å². The number of Topliss-reactive ketones (excluding diaryl/α,β-unsaturated/α-hetero) is 1. The Hall–Kier alpha value is -2.04. The summed E-state index contributed by atoms with van der Waals surface area (Å²) in [6, 6.07) is 2.86. The molecule has 13 nitrogen and oxygen atoms in total. The number of rotatable bonds is 6. The van der Waals surface area contributed by atoms with Gasteiger partial charge in [0.15, 0.2) is 12.1 Å². The lowest BCUT2D eigenvalue weighted by Crippen LogP contribution is -2.59. The Morgan fingerprint density at radius 3 is 2.40 bits per heavy atom. The lowest BCUT2D eigenvalue weighted by molar-refractivity contribution is -0.295. The number of sulfonamides is 1. The molecular formula is C34H58N4O9S. The number of methoxy groups -OCH3 is 1. The van der Waals surface area contributed by atoms with Gasteiger partial charge in [0.25, 0.3) is 0 Å². The zero-order valence-corrected chi connectivity index (χ0v) is 31.2. The van der Waals surface area contributed by atoms with Crippen LogP contribution in [-0.4, -0.2) is 142 Å². The first kappa shape index (κ1) is 40.4. The molecule has 274 valence electrons. The zero-order chi connectivity index (χ0) is 36.0. The van der Waals surface area contributed by atoms with Crippen molar-refractivity contribution >= 4 is 21.8 Å². The number of aliphatic hydroxyl groups excluding tert-OH is 1. The quantitative estimate of drug-likeness (QED) is 0.344.